The number of phosphoric ester groups is 1. The molecule has 2 fully saturated rings. The molecule has 0 bridgehead atoms. The zero-order valence-electron chi connectivity index (χ0n) is 34.4. The van der Waals surface area contributed by atoms with Crippen LogP contribution in [0.4, 0.5) is 22.9 Å². The number of carboxylic acid groups (broad SMARTS) is 1. The molecule has 2 aliphatic rings. The first-order valence-corrected chi connectivity index (χ1v) is 25.7. The van der Waals surface area contributed by atoms with Crippen LogP contribution in [0, 0.1) is 20.2 Å². The molecule has 35 heteroatoms. The van der Waals surface area contributed by atoms with Gasteiger partial charge in [-0.2, -0.15) is 8.62 Å². The second kappa shape index (κ2) is 22.4. The lowest BCUT2D eigenvalue weighted by Gasteiger charge is -2.21. The van der Waals surface area contributed by atoms with E-state index in [2.05, 4.69) is 38.7 Å². The van der Waals surface area contributed by atoms with Crippen LogP contribution in [0.3, 0.4) is 0 Å². The molecule has 9 atom stereocenters. The maximum Gasteiger partial charge on any atom is 0.488 e. The van der Waals surface area contributed by atoms with Crippen LogP contribution in [-0.4, -0.2) is 137 Å². The third kappa shape index (κ3) is 14.2. The van der Waals surface area contributed by atoms with Crippen molar-refractivity contribution in [3.63, 3.8) is 0 Å². The number of carboxylic acids is 1. The number of nitrogens with two attached hydrogens (primary N) is 1. The molecule has 2 saturated heterocycles. The van der Waals surface area contributed by atoms with E-state index in [-0.39, 0.29) is 85.7 Å². The third-order valence-electron chi connectivity index (χ3n) is 9.82. The maximum absolute atomic E-state index is 12.9. The first-order valence-electron chi connectivity index (χ1n) is 19.6. The van der Waals surface area contributed by atoms with E-state index in [4.69, 9.17) is 10.5 Å². The Kier molecular flexibility index (Phi) is 17.7. The second-order valence-electron chi connectivity index (χ2n) is 14.6. The second-order valence-corrected chi connectivity index (χ2v) is 21.8. The molecular formula is C32H43N10O21P3S. The lowest BCUT2D eigenvalue weighted by Crippen LogP contribution is -2.40. The number of nitrogens with one attached hydrogen (secondary N) is 2. The summed E-state index contributed by atoms with van der Waals surface area (Å²) in [5, 5.41) is 56.4. The number of nitro groups is 2. The molecule has 2 aromatic heterocycles. The average Bonchev–Trinajstić information content (AvgIpc) is 3.87. The minimum Gasteiger partial charge on any atom is -0.480 e. The molecule has 5 rings (SSSR count). The first-order chi connectivity index (χ1) is 31.4. The molecule has 1 aromatic carbocycles. The monoisotopic (exact) mass is 1030 g/mol. The number of carbonyl (C=O) groups is 4. The van der Waals surface area contributed by atoms with Crippen molar-refractivity contribution in [3.8, 4) is 0 Å². The number of aliphatic hydroxyl groups excluding tert-OH is 2. The number of likely N-dealkylation sites (tertiary alicyclic amines) is 1. The summed E-state index contributed by atoms with van der Waals surface area (Å²) in [6.45, 7) is -6.53. The van der Waals surface area contributed by atoms with E-state index in [1.807, 2.05) is 0 Å². The van der Waals surface area contributed by atoms with Crippen molar-refractivity contribution >= 4 is 91.6 Å². The number of non-ortho nitro benzene ring substituents is 1. The summed E-state index contributed by atoms with van der Waals surface area (Å²) in [4.78, 5) is 113. The van der Waals surface area contributed by atoms with Gasteiger partial charge in [-0.05, 0) is 49.6 Å². The first kappa shape index (κ1) is 52.9. The Morgan fingerprint density at radius 3 is 2.40 bits per heavy atom. The molecule has 9 unspecified atom stereocenters. The van der Waals surface area contributed by atoms with Crippen molar-refractivity contribution in [2.24, 2.45) is 0 Å². The van der Waals surface area contributed by atoms with Gasteiger partial charge in [0.25, 0.3) is 11.4 Å². The molecule has 31 nitrogen and oxygen atoms in total. The van der Waals surface area contributed by atoms with Crippen LogP contribution < -0.4 is 16.4 Å². The number of amides is 3. The van der Waals surface area contributed by atoms with Crippen molar-refractivity contribution in [2.75, 3.05) is 30.7 Å². The van der Waals surface area contributed by atoms with Crippen LogP contribution in [-0.2, 0) is 50.8 Å². The Morgan fingerprint density at radius 2 is 1.72 bits per heavy atom. The molecule has 0 saturated carbocycles. The predicted octanol–water partition coefficient (Wildman–Crippen LogP) is 1.47. The van der Waals surface area contributed by atoms with Crippen molar-refractivity contribution in [1.82, 2.24) is 29.7 Å². The molecular weight excluding hydrogens is 985 g/mol. The molecule has 3 aromatic rings. The number of nitro benzene ring substituents is 2. The highest BCUT2D eigenvalue weighted by Crippen LogP contribution is 2.72. The Bertz CT molecular complexity index is 2520. The van der Waals surface area contributed by atoms with Gasteiger partial charge in [-0.15, -0.1) is 0 Å². The van der Waals surface area contributed by atoms with Crippen molar-refractivity contribution < 1.29 is 90.6 Å². The normalized spacial score (nSPS) is 22.8. The highest BCUT2D eigenvalue weighted by molar-refractivity contribution is 8.55. The number of nitrogen functional groups attached to an aromatic ring is 1. The van der Waals surface area contributed by atoms with Gasteiger partial charge in [0.1, 0.15) is 47.1 Å². The summed E-state index contributed by atoms with van der Waals surface area (Å²) in [6.07, 6.45) is -3.74. The maximum atomic E-state index is 12.9. The molecule has 368 valence electrons. The topological polar surface area (TPSA) is 461 Å². The van der Waals surface area contributed by atoms with Crippen molar-refractivity contribution in [3.05, 3.63) is 51.1 Å². The van der Waals surface area contributed by atoms with Gasteiger partial charge in [-0.3, -0.25) is 48.6 Å². The number of nitrogens with zero attached hydrogens (tertiary/aromatic N) is 7. The Hall–Kier alpha value is -5.07. The van der Waals surface area contributed by atoms with E-state index >= 15 is 0 Å². The summed E-state index contributed by atoms with van der Waals surface area (Å²) < 4.78 is 57.6. The lowest BCUT2D eigenvalue weighted by molar-refractivity contribution is -0.393. The third-order valence-corrected chi connectivity index (χ3v) is 16.6. The fourth-order valence-electron chi connectivity index (χ4n) is 6.66. The number of hydrogen-bond acceptors (Lipinski definition) is 23. The number of fused-ring (bicyclic) bond motifs is 1. The van der Waals surface area contributed by atoms with Crippen molar-refractivity contribution in [1.29, 1.82) is 0 Å². The van der Waals surface area contributed by atoms with Crippen LogP contribution in [0.2, 0.25) is 0 Å². The van der Waals surface area contributed by atoms with Crippen LogP contribution >= 0.6 is 33.8 Å². The van der Waals surface area contributed by atoms with E-state index in [1.165, 1.54) is 10.6 Å². The van der Waals surface area contributed by atoms with Crippen LogP contribution in [0.25, 0.3) is 11.2 Å². The SMILES string of the molecule is Nc1ncnc2c1ncn2C1OC(COP(=O)(O)OP(=O)(O)OP(=O)(O)SC2CC(=O)N(CCCCCC(=O)NC(CCCCNc3ccc([N+](=O)[O-])cc3[N+](=O)[O-])C(=O)O)C2=O)C(O)C1O. The minimum atomic E-state index is -5.97. The number of unbranched alkanes of at least 4 members (excludes halogenated alkanes) is 3. The van der Waals surface area contributed by atoms with E-state index in [0.29, 0.717) is 6.42 Å². The molecule has 0 aliphatic carbocycles. The number of phosphoric acid groups is 2. The number of benzene rings is 1. The number of aliphatic hydroxyl groups is 2. The molecule has 4 heterocycles. The minimum absolute atomic E-state index is 0.00479. The number of anilines is 2. The van der Waals surface area contributed by atoms with Crippen molar-refractivity contribution in [2.45, 2.75) is 87.2 Å². The number of ether oxygens (including phenoxy) is 1. The quantitative estimate of drug-likeness (QED) is 0.0181. The predicted molar refractivity (Wildman–Crippen MR) is 226 cm³/mol. The van der Waals surface area contributed by atoms with Gasteiger partial charge < -0.3 is 51.1 Å². The Balaban J connectivity index is 0.994. The van der Waals surface area contributed by atoms with E-state index in [9.17, 15) is 83.1 Å². The van der Waals surface area contributed by atoms with Crippen LogP contribution in [0.5, 0.6) is 0 Å². The summed E-state index contributed by atoms with van der Waals surface area (Å²) in [6, 6.07) is 1.82. The fraction of sp³-hybridized carbons (Fsp3) is 0.531. The highest BCUT2D eigenvalue weighted by atomic mass is 32.7. The zero-order chi connectivity index (χ0) is 49.4. The van der Waals surface area contributed by atoms with E-state index in [1.54, 1.807) is 0 Å². The number of hydrogen-bond donors (Lipinski definition) is 9. The summed E-state index contributed by atoms with van der Waals surface area (Å²) in [5.41, 5.74) is 5.03. The number of imide groups is 1. The summed E-state index contributed by atoms with van der Waals surface area (Å²) in [7, 11) is -11.6. The van der Waals surface area contributed by atoms with Gasteiger partial charge in [-0.25, -0.2) is 33.4 Å². The van der Waals surface area contributed by atoms with E-state index in [0.717, 1.165) is 29.7 Å². The molecule has 0 spiro atoms. The smallest absolute Gasteiger partial charge is 0.480 e. The van der Waals surface area contributed by atoms with Gasteiger partial charge >= 0.3 is 28.4 Å². The molecule has 67 heavy (non-hydrogen) atoms. The molecule has 3 amide bonds. The van der Waals surface area contributed by atoms with Crippen LogP contribution in [0.1, 0.15) is 57.6 Å². The van der Waals surface area contributed by atoms with Gasteiger partial charge in [0.05, 0.1) is 28.8 Å². The number of rotatable bonds is 26. The fourth-order valence-corrected chi connectivity index (χ4v) is 13.1. The average molecular weight is 1030 g/mol. The highest BCUT2D eigenvalue weighted by Gasteiger charge is 2.49. The summed E-state index contributed by atoms with van der Waals surface area (Å²) >= 11 is -0.224. The Labute approximate surface area is 380 Å². The van der Waals surface area contributed by atoms with Gasteiger partial charge in [0.15, 0.2) is 17.7 Å². The Morgan fingerprint density at radius 1 is 0.985 bits per heavy atom. The number of aromatic nitrogens is 4. The lowest BCUT2D eigenvalue weighted by atomic mass is 10.1. The van der Waals surface area contributed by atoms with Gasteiger partial charge in [-0.1, -0.05) is 6.42 Å². The standard InChI is InChI=1S/C32H43N10O21P3S/c33-28-25-29(36-15-35-28)40(16-37-25)31-27(46)26(45)21(61-31)14-60-64(54,55)62-65(56,57)63-66(58,59)67-22-13-24(44)39(30(22)47)11-5-1-2-7-23(43)38-19(32(48)49)6-3-4-10-34-18-9-8-17(41(50)51)12-20(18)42(52)53/h8-9,12,15-16,19,21-22,26-27,31,34,45-46H,1-7,10-11,13-14H2,(H,38,43)(H,48,49)(H,54,55)(H,56,57)(H,58,59)(H2,33,35,36). The molecule has 2 aliphatic heterocycles. The van der Waals surface area contributed by atoms with Gasteiger partial charge in [0, 0.05) is 32.0 Å². The number of aliphatic carboxylic acids is 1. The number of imidazole rings is 1. The molecule has 10 N–H and O–H groups in total. The largest absolute Gasteiger partial charge is 0.488 e. The van der Waals surface area contributed by atoms with Gasteiger partial charge in [0.2, 0.25) is 17.7 Å². The number of carbonyl (C=O) groups excluding carboxylic acids is 3. The van der Waals surface area contributed by atoms with E-state index < -0.39 is 116 Å². The zero-order valence-corrected chi connectivity index (χ0v) is 37.9. The van der Waals surface area contributed by atoms with Crippen LogP contribution in [0.15, 0.2) is 30.9 Å². The molecule has 0 radical (unpaired) electrons. The summed E-state index contributed by atoms with van der Waals surface area (Å²) in [5.74, 6) is -3.69.